The van der Waals surface area contributed by atoms with E-state index in [4.69, 9.17) is 16.3 Å². The smallest absolute Gasteiger partial charge is 0.186 e. The van der Waals surface area contributed by atoms with Crippen molar-refractivity contribution in [2.75, 3.05) is 31.2 Å². The lowest BCUT2D eigenvalue weighted by Gasteiger charge is -2.26. The van der Waals surface area contributed by atoms with Gasteiger partial charge in [0, 0.05) is 29.1 Å². The zero-order valence-electron chi connectivity index (χ0n) is 9.80. The lowest BCUT2D eigenvalue weighted by atomic mass is 10.2. The van der Waals surface area contributed by atoms with Crippen molar-refractivity contribution in [3.05, 3.63) is 34.7 Å². The number of halogens is 1. The van der Waals surface area contributed by atoms with E-state index >= 15 is 0 Å². The summed E-state index contributed by atoms with van der Waals surface area (Å²) in [4.78, 5) is 6.93. The summed E-state index contributed by atoms with van der Waals surface area (Å²) in [5.41, 5.74) is 1.95. The molecule has 0 spiro atoms. The number of nitrogens with zero attached hydrogens (tertiary/aromatic N) is 2. The third kappa shape index (κ3) is 2.36. The van der Waals surface area contributed by atoms with Gasteiger partial charge in [0.25, 0.3) is 0 Å². The lowest BCUT2D eigenvalue weighted by molar-refractivity contribution is 0.122. The molecule has 1 aromatic carbocycles. The van der Waals surface area contributed by atoms with E-state index < -0.39 is 0 Å². The van der Waals surface area contributed by atoms with Gasteiger partial charge in [-0.05, 0) is 6.07 Å². The number of thiazole rings is 1. The van der Waals surface area contributed by atoms with Crippen molar-refractivity contribution in [1.82, 2.24) is 4.98 Å². The van der Waals surface area contributed by atoms with E-state index in [1.807, 2.05) is 24.3 Å². The average molecular weight is 281 g/mol. The van der Waals surface area contributed by atoms with Gasteiger partial charge in [0.15, 0.2) is 5.13 Å². The van der Waals surface area contributed by atoms with Crippen molar-refractivity contribution < 1.29 is 4.74 Å². The topological polar surface area (TPSA) is 25.4 Å². The molecule has 3 nitrogen and oxygen atoms in total. The minimum Gasteiger partial charge on any atom is -0.378 e. The number of anilines is 1. The Morgan fingerprint density at radius 2 is 2.00 bits per heavy atom. The van der Waals surface area contributed by atoms with Crippen LogP contribution in [0.25, 0.3) is 11.3 Å². The molecule has 0 amide bonds. The molecule has 3 rings (SSSR count). The van der Waals surface area contributed by atoms with Gasteiger partial charge in [-0.15, -0.1) is 11.3 Å². The number of aromatic nitrogens is 1. The Morgan fingerprint density at radius 1 is 1.22 bits per heavy atom. The second-order valence-corrected chi connectivity index (χ2v) is 5.34. The monoisotopic (exact) mass is 280 g/mol. The molecule has 1 aliphatic rings. The first kappa shape index (κ1) is 12.0. The molecule has 1 fully saturated rings. The van der Waals surface area contributed by atoms with Gasteiger partial charge < -0.3 is 9.64 Å². The fourth-order valence-electron chi connectivity index (χ4n) is 1.96. The highest BCUT2D eigenvalue weighted by atomic mass is 35.5. The molecule has 2 heterocycles. The van der Waals surface area contributed by atoms with Gasteiger partial charge in [-0.3, -0.25) is 0 Å². The van der Waals surface area contributed by atoms with Crippen molar-refractivity contribution in [2.24, 2.45) is 0 Å². The van der Waals surface area contributed by atoms with Gasteiger partial charge in [-0.2, -0.15) is 0 Å². The van der Waals surface area contributed by atoms with E-state index in [2.05, 4.69) is 15.3 Å². The van der Waals surface area contributed by atoms with Crippen LogP contribution in [0.4, 0.5) is 5.13 Å². The number of benzene rings is 1. The first-order valence-corrected chi connectivity index (χ1v) is 7.13. The van der Waals surface area contributed by atoms with Crippen LogP contribution in [0.2, 0.25) is 5.02 Å². The molecule has 0 aliphatic carbocycles. The van der Waals surface area contributed by atoms with Gasteiger partial charge >= 0.3 is 0 Å². The molecule has 0 atom stereocenters. The van der Waals surface area contributed by atoms with E-state index in [1.165, 1.54) is 0 Å². The molecule has 0 saturated carbocycles. The maximum absolute atomic E-state index is 6.18. The molecule has 0 bridgehead atoms. The third-order valence-electron chi connectivity index (χ3n) is 2.92. The van der Waals surface area contributed by atoms with Crippen LogP contribution in [0.1, 0.15) is 0 Å². The Morgan fingerprint density at radius 3 is 2.78 bits per heavy atom. The summed E-state index contributed by atoms with van der Waals surface area (Å²) in [5.74, 6) is 0. The quantitative estimate of drug-likeness (QED) is 0.844. The molecule has 0 radical (unpaired) electrons. The minimum absolute atomic E-state index is 0.747. The van der Waals surface area contributed by atoms with E-state index in [0.717, 1.165) is 47.7 Å². The Hall–Kier alpha value is -1.10. The van der Waals surface area contributed by atoms with Crippen LogP contribution in [0.15, 0.2) is 29.6 Å². The van der Waals surface area contributed by atoms with Crippen molar-refractivity contribution in [1.29, 1.82) is 0 Å². The number of rotatable bonds is 2. The van der Waals surface area contributed by atoms with E-state index in [1.54, 1.807) is 11.3 Å². The first-order valence-electron chi connectivity index (χ1n) is 5.88. The molecule has 94 valence electrons. The number of hydrogen-bond donors (Lipinski definition) is 0. The molecule has 5 heteroatoms. The maximum atomic E-state index is 6.18. The van der Waals surface area contributed by atoms with Crippen molar-refractivity contribution in [3.63, 3.8) is 0 Å². The predicted octanol–water partition coefficient (Wildman–Crippen LogP) is 3.30. The van der Waals surface area contributed by atoms with Crippen LogP contribution < -0.4 is 4.90 Å². The third-order valence-corrected chi connectivity index (χ3v) is 4.15. The molecule has 2 aromatic rings. The van der Waals surface area contributed by atoms with E-state index in [0.29, 0.717) is 0 Å². The van der Waals surface area contributed by atoms with E-state index in [-0.39, 0.29) is 0 Å². The van der Waals surface area contributed by atoms with Crippen LogP contribution in [0.5, 0.6) is 0 Å². The summed E-state index contributed by atoms with van der Waals surface area (Å²) in [6, 6.07) is 7.81. The first-order chi connectivity index (χ1) is 8.84. The number of ether oxygens (including phenoxy) is 1. The van der Waals surface area contributed by atoms with Gasteiger partial charge in [0.2, 0.25) is 0 Å². The molecule has 1 saturated heterocycles. The molecule has 18 heavy (non-hydrogen) atoms. The van der Waals surface area contributed by atoms with Crippen molar-refractivity contribution >= 4 is 28.1 Å². The second kappa shape index (κ2) is 5.26. The summed E-state index contributed by atoms with van der Waals surface area (Å²) in [6.45, 7) is 3.38. The Labute approximate surface area is 115 Å². The Balaban J connectivity index is 1.87. The number of hydrogen-bond acceptors (Lipinski definition) is 4. The highest BCUT2D eigenvalue weighted by Gasteiger charge is 2.15. The summed E-state index contributed by atoms with van der Waals surface area (Å²) in [5, 5.41) is 3.86. The highest BCUT2D eigenvalue weighted by Crippen LogP contribution is 2.31. The van der Waals surface area contributed by atoms with Gasteiger partial charge in [0.05, 0.1) is 18.9 Å². The highest BCUT2D eigenvalue weighted by molar-refractivity contribution is 7.14. The molecule has 1 aliphatic heterocycles. The average Bonchev–Trinajstić information content (AvgIpc) is 2.90. The standard InChI is InChI=1S/C13H13ClN2OS/c14-11-4-2-1-3-10(11)12-9-18-13(15-12)16-5-7-17-8-6-16/h1-4,9H,5-8H2. The van der Waals surface area contributed by atoms with Crippen molar-refractivity contribution in [2.45, 2.75) is 0 Å². The predicted molar refractivity (Wildman–Crippen MR) is 75.6 cm³/mol. The summed E-state index contributed by atoms with van der Waals surface area (Å²) in [6.07, 6.45) is 0. The van der Waals surface area contributed by atoms with Crippen molar-refractivity contribution in [3.8, 4) is 11.3 Å². The molecule has 1 aromatic heterocycles. The van der Waals surface area contributed by atoms with Crippen LogP contribution >= 0.6 is 22.9 Å². The largest absolute Gasteiger partial charge is 0.378 e. The van der Waals surface area contributed by atoms with Crippen LogP contribution in [-0.2, 0) is 4.74 Å². The van der Waals surface area contributed by atoms with Gasteiger partial charge in [0.1, 0.15) is 0 Å². The zero-order chi connectivity index (χ0) is 12.4. The van der Waals surface area contributed by atoms with Crippen LogP contribution in [-0.4, -0.2) is 31.3 Å². The molecular formula is C13H13ClN2OS. The van der Waals surface area contributed by atoms with Crippen LogP contribution in [0, 0.1) is 0 Å². The van der Waals surface area contributed by atoms with E-state index in [9.17, 15) is 0 Å². The number of morpholine rings is 1. The Kier molecular flexibility index (Phi) is 3.50. The lowest BCUT2D eigenvalue weighted by Crippen LogP contribution is -2.36. The Bertz CT molecular complexity index is 537. The normalized spacial score (nSPS) is 15.9. The minimum atomic E-state index is 0.747. The molecule has 0 unspecified atom stereocenters. The van der Waals surface area contributed by atoms with Gasteiger partial charge in [-0.1, -0.05) is 29.8 Å². The fraction of sp³-hybridized carbons (Fsp3) is 0.308. The summed E-state index contributed by atoms with van der Waals surface area (Å²) in [7, 11) is 0. The summed E-state index contributed by atoms with van der Waals surface area (Å²) < 4.78 is 5.35. The summed E-state index contributed by atoms with van der Waals surface area (Å²) >= 11 is 7.85. The molecule has 0 N–H and O–H groups in total. The SMILES string of the molecule is Clc1ccccc1-c1csc(N2CCOCC2)n1. The second-order valence-electron chi connectivity index (χ2n) is 4.09. The fourth-order valence-corrected chi connectivity index (χ4v) is 3.07. The molecular weight excluding hydrogens is 268 g/mol. The van der Waals surface area contributed by atoms with Crippen LogP contribution in [0.3, 0.4) is 0 Å². The zero-order valence-corrected chi connectivity index (χ0v) is 11.4. The van der Waals surface area contributed by atoms with Gasteiger partial charge in [-0.25, -0.2) is 4.98 Å². The maximum Gasteiger partial charge on any atom is 0.186 e.